The van der Waals surface area contributed by atoms with Gasteiger partial charge in [0.15, 0.2) is 8.53 Å². The Morgan fingerprint density at radius 3 is 1.58 bits per heavy atom. The van der Waals surface area contributed by atoms with Gasteiger partial charge in [0.1, 0.15) is 19.0 Å². The van der Waals surface area contributed by atoms with Crippen LogP contribution in [0.3, 0.4) is 0 Å². The van der Waals surface area contributed by atoms with E-state index in [4.69, 9.17) is 24.1 Å². The van der Waals surface area contributed by atoms with Crippen molar-refractivity contribution in [3.05, 3.63) is 0 Å². The number of amides is 2. The number of hydrogen-bond donors (Lipinski definition) is 5. The van der Waals surface area contributed by atoms with E-state index in [2.05, 4.69) is 10.6 Å². The van der Waals surface area contributed by atoms with Gasteiger partial charge >= 0.3 is 17.9 Å². The van der Waals surface area contributed by atoms with Crippen LogP contribution in [0.15, 0.2) is 0 Å². The van der Waals surface area contributed by atoms with Crippen molar-refractivity contribution < 1.29 is 67.8 Å². The lowest BCUT2D eigenvalue weighted by Crippen LogP contribution is -2.29. The highest BCUT2D eigenvalue weighted by atomic mass is 33.2. The quantitative estimate of drug-likeness (QED) is 0.0217. The molecule has 0 saturated carbocycles. The maximum atomic E-state index is 12.4. The largest absolute Gasteiger partial charge is 0.481 e. The molecule has 2 saturated heterocycles. The molecule has 0 radical (unpaired) electrons. The maximum Gasteiger partial charge on any atom is 0.308 e. The standard InChI is InChI=1S/C44H74N2O14S6/c47-35(17-12-10-8-6-4-2-1-3-5-7-9-11-13-20-40(51)52)31-34(41(53)54)21-22-38(49)46-24-26-58-28-29-59-32-36(48)18-16-25-57-27-30-60-33-39(50)45-23-15-14-19-37(42(55)56)43-61-63-44(64-62-43)65-66-44/h34,37,43H,1-33H2,(H,45,50)(H,46,49)(H,51,52)(H,53,54)(H,55,56)/t34-,37+/m1/s1. The second-order valence-corrected chi connectivity index (χ2v) is 25.8. The zero-order valence-corrected chi connectivity index (χ0v) is 43.2. The van der Waals surface area contributed by atoms with E-state index in [1.165, 1.54) is 38.5 Å². The lowest BCUT2D eigenvalue weighted by atomic mass is 9.94. The van der Waals surface area contributed by atoms with Gasteiger partial charge in [-0.3, -0.25) is 33.6 Å². The number of carboxylic acids is 3. The third-order valence-corrected chi connectivity index (χ3v) is 24.4. The Balaban J connectivity index is 1.31. The highest BCUT2D eigenvalue weighted by Crippen LogP contribution is 2.84. The monoisotopic (exact) mass is 1050 g/mol. The molecule has 2 rings (SSSR count). The van der Waals surface area contributed by atoms with Gasteiger partial charge in [0, 0.05) is 51.8 Å². The summed E-state index contributed by atoms with van der Waals surface area (Å²) < 4.78 is 21.8. The molecular formula is C44H74N2O14S6. The van der Waals surface area contributed by atoms with Crippen LogP contribution in [0, 0.1) is 11.8 Å². The van der Waals surface area contributed by atoms with Gasteiger partial charge in [-0.25, -0.2) is 0 Å². The van der Waals surface area contributed by atoms with E-state index in [0.717, 1.165) is 44.9 Å². The van der Waals surface area contributed by atoms with Gasteiger partial charge < -0.3 is 44.9 Å². The number of ether oxygens (including phenoxy) is 4. The van der Waals surface area contributed by atoms with Crippen LogP contribution in [0.1, 0.15) is 148 Å². The van der Waals surface area contributed by atoms with Crippen molar-refractivity contribution in [1.82, 2.24) is 10.6 Å². The molecule has 0 unspecified atom stereocenters. The fourth-order valence-corrected chi connectivity index (χ4v) is 20.6. The molecule has 0 aromatic rings. The summed E-state index contributed by atoms with van der Waals surface area (Å²) >= 11 is 0. The molecule has 1 spiro atoms. The SMILES string of the molecule is O=C(O)CCCCCCCCCCCCCCCC(=O)C[C@@H](CCC(=O)NCCOCCOCC(=O)CCCOCCOCC(=O)NCCCC[C@@H](C(=O)O)C1SSC2(SS1)SS2)C(=O)O. The zero-order chi connectivity index (χ0) is 48.1. The Morgan fingerprint density at radius 1 is 0.470 bits per heavy atom. The van der Waals surface area contributed by atoms with Crippen LogP contribution in [-0.2, 0) is 52.5 Å². The van der Waals surface area contributed by atoms with Gasteiger partial charge in [0.2, 0.25) is 11.8 Å². The van der Waals surface area contributed by atoms with Gasteiger partial charge in [-0.15, -0.1) is 0 Å². The third-order valence-electron chi connectivity index (χ3n) is 10.6. The first kappa shape index (κ1) is 60.8. The van der Waals surface area contributed by atoms with Crippen LogP contribution in [-0.4, -0.2) is 130 Å². The summed E-state index contributed by atoms with van der Waals surface area (Å²) in [5.41, 5.74) is 0. The van der Waals surface area contributed by atoms with Crippen LogP contribution >= 0.6 is 64.8 Å². The summed E-state index contributed by atoms with van der Waals surface area (Å²) in [6, 6.07) is 0. The van der Waals surface area contributed by atoms with E-state index in [-0.39, 0.29) is 109 Å². The third kappa shape index (κ3) is 33.2. The van der Waals surface area contributed by atoms with Crippen molar-refractivity contribution in [2.45, 2.75) is 155 Å². The van der Waals surface area contributed by atoms with E-state index in [9.17, 15) is 43.8 Å². The fraction of sp³-hybridized carbons (Fsp3) is 0.841. The number of carbonyl (C=O) groups is 7. The molecular weight excluding hydrogens is 973 g/mol. The Bertz CT molecular complexity index is 1410. The van der Waals surface area contributed by atoms with Crippen molar-refractivity contribution in [2.75, 3.05) is 65.9 Å². The molecule has 2 heterocycles. The second-order valence-electron chi connectivity index (χ2n) is 16.3. The first-order valence-corrected chi connectivity index (χ1v) is 30.1. The first-order chi connectivity index (χ1) is 31.9. The molecule has 2 amide bonds. The summed E-state index contributed by atoms with van der Waals surface area (Å²) in [7, 11) is 10.5. The highest BCUT2D eigenvalue weighted by molar-refractivity contribution is 9.14. The molecule has 0 aromatic heterocycles. The second kappa shape index (κ2) is 39.4. The number of rotatable bonds is 46. The molecule has 0 aliphatic carbocycles. The van der Waals surface area contributed by atoms with E-state index in [1.54, 1.807) is 43.2 Å². The van der Waals surface area contributed by atoms with Crippen molar-refractivity contribution in [2.24, 2.45) is 11.8 Å². The molecule has 2 aliphatic rings. The Kier molecular flexibility index (Phi) is 36.2. The molecule has 22 heteroatoms. The summed E-state index contributed by atoms with van der Waals surface area (Å²) in [5.74, 6) is -4.58. The normalized spacial score (nSPS) is 15.3. The summed E-state index contributed by atoms with van der Waals surface area (Å²) in [6.07, 6.45) is 17.3. The average molecular weight is 1050 g/mol. The van der Waals surface area contributed by atoms with E-state index in [0.29, 0.717) is 51.7 Å². The van der Waals surface area contributed by atoms with E-state index >= 15 is 0 Å². The van der Waals surface area contributed by atoms with Crippen LogP contribution in [0.5, 0.6) is 0 Å². The van der Waals surface area contributed by atoms with Crippen molar-refractivity contribution in [3.63, 3.8) is 0 Å². The number of ketones is 2. The van der Waals surface area contributed by atoms with E-state index in [1.807, 2.05) is 21.6 Å². The minimum Gasteiger partial charge on any atom is -0.481 e. The smallest absolute Gasteiger partial charge is 0.308 e. The first-order valence-electron chi connectivity index (χ1n) is 23.5. The number of hydrogen-bond acceptors (Lipinski definition) is 17. The molecule has 380 valence electrons. The lowest BCUT2D eigenvalue weighted by Gasteiger charge is -2.27. The molecule has 16 nitrogen and oxygen atoms in total. The van der Waals surface area contributed by atoms with Gasteiger partial charge in [0.25, 0.3) is 0 Å². The number of unbranched alkanes of at least 4 members (excludes halogenated alkanes) is 13. The van der Waals surface area contributed by atoms with Gasteiger partial charge in [-0.05, 0) is 60.1 Å². The van der Waals surface area contributed by atoms with Crippen molar-refractivity contribution in [1.29, 1.82) is 0 Å². The molecule has 0 aromatic carbocycles. The number of Topliss-reactive ketones (excluding diaryl/α,β-unsaturated/α-hetero) is 2. The van der Waals surface area contributed by atoms with Crippen molar-refractivity contribution in [3.8, 4) is 0 Å². The lowest BCUT2D eigenvalue weighted by molar-refractivity contribution is -0.144. The molecule has 0 bridgehead atoms. The minimum absolute atomic E-state index is 0.000875. The molecule has 2 aliphatic heterocycles. The fourth-order valence-electron chi connectivity index (χ4n) is 6.73. The average Bonchev–Trinajstić information content (AvgIpc) is 4.04. The number of carbonyl (C=O) groups excluding carboxylic acids is 4. The van der Waals surface area contributed by atoms with Crippen LogP contribution in [0.25, 0.3) is 0 Å². The zero-order valence-electron chi connectivity index (χ0n) is 38.3. The molecule has 66 heavy (non-hydrogen) atoms. The highest BCUT2D eigenvalue weighted by Gasteiger charge is 2.53. The van der Waals surface area contributed by atoms with Crippen LogP contribution in [0.4, 0.5) is 0 Å². The predicted molar refractivity (Wildman–Crippen MR) is 267 cm³/mol. The van der Waals surface area contributed by atoms with Gasteiger partial charge in [-0.1, -0.05) is 120 Å². The Labute approximate surface area is 414 Å². The topological polar surface area (TPSA) is 241 Å². The van der Waals surface area contributed by atoms with Gasteiger partial charge in [0.05, 0.1) is 49.5 Å². The number of aliphatic carboxylic acids is 3. The molecule has 2 fully saturated rings. The predicted octanol–water partition coefficient (Wildman–Crippen LogP) is 8.99. The van der Waals surface area contributed by atoms with Crippen LogP contribution < -0.4 is 10.6 Å². The summed E-state index contributed by atoms with van der Waals surface area (Å²) in [5, 5.41) is 33.4. The number of carboxylic acid groups (broad SMARTS) is 3. The molecule has 5 N–H and O–H groups in total. The van der Waals surface area contributed by atoms with E-state index < -0.39 is 29.7 Å². The summed E-state index contributed by atoms with van der Waals surface area (Å²) in [4.78, 5) is 82.9. The van der Waals surface area contributed by atoms with Gasteiger partial charge in [-0.2, -0.15) is 0 Å². The minimum atomic E-state index is -1.07. The summed E-state index contributed by atoms with van der Waals surface area (Å²) in [6.45, 7) is 2.10. The Morgan fingerprint density at radius 2 is 1.00 bits per heavy atom. The molecule has 2 atom stereocenters. The number of nitrogens with one attached hydrogen (secondary N) is 2. The van der Waals surface area contributed by atoms with Crippen molar-refractivity contribution >= 4 is 106 Å². The van der Waals surface area contributed by atoms with Crippen LogP contribution in [0.2, 0.25) is 0 Å². The maximum absolute atomic E-state index is 12.4. The Hall–Kier alpha value is -1.37.